The molecule has 5 aromatic rings. The van der Waals surface area contributed by atoms with Crippen molar-refractivity contribution in [3.8, 4) is 22.3 Å². The molecule has 0 spiro atoms. The SMILES string of the molecule is C1=CC2SC=C(C3Cc4oc5cc(-c6csc7ccccc67)c6c(c5c4-c4ccccc43)CCC=C6)C2C=C1. The smallest absolute Gasteiger partial charge is 0.135 e. The first-order valence-corrected chi connectivity index (χ1v) is 15.7. The van der Waals surface area contributed by atoms with E-state index in [0.29, 0.717) is 17.1 Å². The maximum absolute atomic E-state index is 6.90. The van der Waals surface area contributed by atoms with Crippen molar-refractivity contribution in [3.05, 3.63) is 124 Å². The van der Waals surface area contributed by atoms with Crippen molar-refractivity contribution < 1.29 is 4.42 Å². The lowest BCUT2D eigenvalue weighted by Gasteiger charge is -2.30. The molecule has 2 aromatic heterocycles. The molecule has 0 amide bonds. The molecule has 9 rings (SSSR count). The largest absolute Gasteiger partial charge is 0.460 e. The van der Waals surface area contributed by atoms with Gasteiger partial charge in [0.25, 0.3) is 0 Å². The van der Waals surface area contributed by atoms with Crippen LogP contribution in [-0.2, 0) is 12.8 Å². The van der Waals surface area contributed by atoms with Crippen LogP contribution in [0.5, 0.6) is 0 Å². The number of allylic oxidation sites excluding steroid dienone is 5. The topological polar surface area (TPSA) is 13.1 Å². The van der Waals surface area contributed by atoms with Gasteiger partial charge in [-0.25, -0.2) is 0 Å². The average Bonchev–Trinajstić information content (AvgIpc) is 3.71. The number of benzene rings is 3. The van der Waals surface area contributed by atoms with Crippen LogP contribution < -0.4 is 0 Å². The zero-order chi connectivity index (χ0) is 25.5. The van der Waals surface area contributed by atoms with E-state index in [-0.39, 0.29) is 0 Å². The van der Waals surface area contributed by atoms with Gasteiger partial charge in [-0.05, 0) is 69.2 Å². The van der Waals surface area contributed by atoms with Crippen molar-refractivity contribution in [2.45, 2.75) is 30.4 Å². The van der Waals surface area contributed by atoms with Crippen LogP contribution >= 0.6 is 23.1 Å². The van der Waals surface area contributed by atoms with Crippen LogP contribution in [0.3, 0.4) is 0 Å². The fraction of sp³-hybridized carbons (Fsp3) is 0.167. The number of hydrogen-bond acceptors (Lipinski definition) is 3. The monoisotopic (exact) mass is 538 g/mol. The van der Waals surface area contributed by atoms with E-state index in [1.54, 1.807) is 5.57 Å². The molecule has 0 N–H and O–H groups in total. The highest BCUT2D eigenvalue weighted by Gasteiger charge is 2.38. The molecule has 1 nitrogen and oxygen atoms in total. The third-order valence-electron chi connectivity index (χ3n) is 9.05. The number of rotatable bonds is 2. The highest BCUT2D eigenvalue weighted by atomic mass is 32.2. The van der Waals surface area contributed by atoms with Gasteiger partial charge in [-0.3, -0.25) is 0 Å². The van der Waals surface area contributed by atoms with E-state index in [4.69, 9.17) is 4.42 Å². The first-order chi connectivity index (χ1) is 19.3. The van der Waals surface area contributed by atoms with Crippen molar-refractivity contribution in [3.63, 3.8) is 0 Å². The summed E-state index contributed by atoms with van der Waals surface area (Å²) in [6.07, 6.45) is 16.9. The second-order valence-corrected chi connectivity index (χ2v) is 13.0. The van der Waals surface area contributed by atoms with Gasteiger partial charge in [0.15, 0.2) is 0 Å². The molecule has 4 aliphatic rings. The number of aryl methyl sites for hydroxylation is 1. The summed E-state index contributed by atoms with van der Waals surface area (Å²) < 4.78 is 8.24. The van der Waals surface area contributed by atoms with E-state index in [1.165, 1.54) is 54.4 Å². The summed E-state index contributed by atoms with van der Waals surface area (Å²) in [5.41, 5.74) is 12.2. The van der Waals surface area contributed by atoms with Crippen LogP contribution in [0.1, 0.15) is 34.8 Å². The molecule has 3 aliphatic carbocycles. The van der Waals surface area contributed by atoms with Crippen molar-refractivity contribution in [2.75, 3.05) is 0 Å². The van der Waals surface area contributed by atoms with E-state index >= 15 is 0 Å². The van der Waals surface area contributed by atoms with Crippen molar-refractivity contribution >= 4 is 50.2 Å². The van der Waals surface area contributed by atoms with E-state index in [1.807, 2.05) is 23.1 Å². The van der Waals surface area contributed by atoms with Crippen LogP contribution in [-0.4, -0.2) is 5.25 Å². The highest BCUT2D eigenvalue weighted by Crippen LogP contribution is 2.54. The van der Waals surface area contributed by atoms with Gasteiger partial charge in [-0.15, -0.1) is 23.1 Å². The molecule has 188 valence electrons. The van der Waals surface area contributed by atoms with Gasteiger partial charge < -0.3 is 4.42 Å². The summed E-state index contributed by atoms with van der Waals surface area (Å²) in [4.78, 5) is 0. The number of fused-ring (bicyclic) bond motifs is 9. The third kappa shape index (κ3) is 3.21. The summed E-state index contributed by atoms with van der Waals surface area (Å²) in [5.74, 6) is 1.98. The highest BCUT2D eigenvalue weighted by molar-refractivity contribution is 8.03. The van der Waals surface area contributed by atoms with Crippen molar-refractivity contribution in [1.82, 2.24) is 0 Å². The van der Waals surface area contributed by atoms with Gasteiger partial charge in [0.1, 0.15) is 11.3 Å². The molecule has 0 saturated heterocycles. The number of furan rings is 1. The fourth-order valence-corrected chi connectivity index (χ4v) is 9.51. The Morgan fingerprint density at radius 1 is 0.897 bits per heavy atom. The minimum absolute atomic E-state index is 0.351. The summed E-state index contributed by atoms with van der Waals surface area (Å²) in [6.45, 7) is 0. The Hall–Kier alpha value is -3.53. The van der Waals surface area contributed by atoms with Crippen LogP contribution in [0.2, 0.25) is 0 Å². The van der Waals surface area contributed by atoms with Crippen LogP contribution in [0.25, 0.3) is 49.4 Å². The first-order valence-electron chi connectivity index (χ1n) is 13.9. The molecule has 3 aromatic carbocycles. The van der Waals surface area contributed by atoms with Crippen LogP contribution in [0, 0.1) is 5.92 Å². The summed E-state index contributed by atoms with van der Waals surface area (Å²) in [6, 6.07) is 20.2. The predicted molar refractivity (Wildman–Crippen MR) is 168 cm³/mol. The van der Waals surface area contributed by atoms with Gasteiger partial charge >= 0.3 is 0 Å². The molecule has 1 aliphatic heterocycles. The Labute approximate surface area is 236 Å². The van der Waals surface area contributed by atoms with Gasteiger partial charge in [-0.2, -0.15) is 0 Å². The van der Waals surface area contributed by atoms with Gasteiger partial charge in [0.05, 0.1) is 0 Å². The third-order valence-corrected chi connectivity index (χ3v) is 11.2. The van der Waals surface area contributed by atoms with Gasteiger partial charge in [0.2, 0.25) is 0 Å². The molecule has 3 atom stereocenters. The number of thiophene rings is 1. The molecule has 3 heteroatoms. The Balaban J connectivity index is 1.27. The summed E-state index contributed by atoms with van der Waals surface area (Å²) in [5, 5.41) is 7.97. The second kappa shape index (κ2) is 8.48. The lowest BCUT2D eigenvalue weighted by Crippen LogP contribution is -2.20. The lowest BCUT2D eigenvalue weighted by molar-refractivity contribution is 0.519. The molecule has 0 radical (unpaired) electrons. The predicted octanol–water partition coefficient (Wildman–Crippen LogP) is 10.3. The first kappa shape index (κ1) is 22.3. The normalized spacial score (nSPS) is 22.6. The number of thioether (sulfide) groups is 1. The van der Waals surface area contributed by atoms with Crippen LogP contribution in [0.4, 0.5) is 0 Å². The molecular weight excluding hydrogens is 513 g/mol. The molecule has 3 heterocycles. The molecule has 0 bridgehead atoms. The molecule has 0 fully saturated rings. The molecule has 0 saturated carbocycles. The zero-order valence-corrected chi connectivity index (χ0v) is 23.0. The lowest BCUT2D eigenvalue weighted by atomic mass is 9.73. The Kier molecular flexibility index (Phi) is 4.85. The number of hydrogen-bond donors (Lipinski definition) is 0. The fourth-order valence-electron chi connectivity index (χ4n) is 7.31. The molecule has 3 unspecified atom stereocenters. The van der Waals surface area contributed by atoms with Gasteiger partial charge in [0, 0.05) is 50.1 Å². The minimum atomic E-state index is 0.351. The van der Waals surface area contributed by atoms with Crippen molar-refractivity contribution in [1.29, 1.82) is 0 Å². The Morgan fingerprint density at radius 2 is 1.79 bits per heavy atom. The summed E-state index contributed by atoms with van der Waals surface area (Å²) in [7, 11) is 0. The molecule has 39 heavy (non-hydrogen) atoms. The standard InChI is InChI=1S/C36H26OS2/c1-3-13-25-21(9-1)27(29-19-38-33-15-7-5-11-23(29)33)17-31-35(25)36-26-14-4-2-10-22(26)28(18-32(36)37-31)30-20-39-34-16-8-6-12-24(30)34/h1-3,5-13,15-16,18-20,23,27,33H,4,14,17H2. The zero-order valence-electron chi connectivity index (χ0n) is 21.4. The van der Waals surface area contributed by atoms with E-state index < -0.39 is 0 Å². The van der Waals surface area contributed by atoms with E-state index in [9.17, 15) is 0 Å². The van der Waals surface area contributed by atoms with Gasteiger partial charge in [-0.1, -0.05) is 78.9 Å². The Morgan fingerprint density at radius 3 is 2.79 bits per heavy atom. The van der Waals surface area contributed by atoms with E-state index in [2.05, 4.69) is 102 Å². The summed E-state index contributed by atoms with van der Waals surface area (Å²) >= 11 is 3.80. The maximum atomic E-state index is 6.90. The quantitative estimate of drug-likeness (QED) is 0.222. The second-order valence-electron chi connectivity index (χ2n) is 11.0. The molecular formula is C36H26OS2. The Bertz CT molecular complexity index is 1940. The average molecular weight is 539 g/mol. The minimum Gasteiger partial charge on any atom is -0.460 e. The van der Waals surface area contributed by atoms with Crippen LogP contribution in [0.15, 0.2) is 106 Å². The maximum Gasteiger partial charge on any atom is 0.135 e. The van der Waals surface area contributed by atoms with E-state index in [0.717, 1.165) is 30.6 Å². The van der Waals surface area contributed by atoms with Crippen molar-refractivity contribution in [2.24, 2.45) is 5.92 Å².